The molecular formula is C10H9ClFN3O2. The number of nitrogens with zero attached hydrogens (tertiary/aromatic N) is 2. The second-order valence-electron chi connectivity index (χ2n) is 3.31. The SMILES string of the molecule is NOCc1nc(Cc2cccc(Cl)c2F)no1. The van der Waals surface area contributed by atoms with Crippen LogP contribution in [0.3, 0.4) is 0 Å². The molecule has 0 atom stereocenters. The highest BCUT2D eigenvalue weighted by Crippen LogP contribution is 2.19. The van der Waals surface area contributed by atoms with Gasteiger partial charge in [-0.2, -0.15) is 4.98 Å². The molecule has 0 aliphatic heterocycles. The first-order valence-electron chi connectivity index (χ1n) is 4.76. The van der Waals surface area contributed by atoms with Crippen molar-refractivity contribution < 1.29 is 13.8 Å². The van der Waals surface area contributed by atoms with Gasteiger partial charge in [-0.1, -0.05) is 28.9 Å². The van der Waals surface area contributed by atoms with E-state index in [0.717, 1.165) is 0 Å². The maximum atomic E-state index is 13.6. The summed E-state index contributed by atoms with van der Waals surface area (Å²) in [6.07, 6.45) is 0.195. The van der Waals surface area contributed by atoms with Crippen molar-refractivity contribution in [2.75, 3.05) is 0 Å². The number of halogens is 2. The normalized spacial score (nSPS) is 10.8. The van der Waals surface area contributed by atoms with Gasteiger partial charge >= 0.3 is 0 Å². The quantitative estimate of drug-likeness (QED) is 0.846. The molecule has 2 aromatic rings. The van der Waals surface area contributed by atoms with Gasteiger partial charge in [0.2, 0.25) is 0 Å². The Morgan fingerprint density at radius 1 is 1.47 bits per heavy atom. The zero-order valence-electron chi connectivity index (χ0n) is 8.69. The molecule has 90 valence electrons. The average molecular weight is 258 g/mol. The summed E-state index contributed by atoms with van der Waals surface area (Å²) in [6, 6.07) is 4.74. The Balaban J connectivity index is 2.16. The molecule has 1 aromatic heterocycles. The van der Waals surface area contributed by atoms with Crippen LogP contribution in [-0.4, -0.2) is 10.1 Å². The van der Waals surface area contributed by atoms with E-state index >= 15 is 0 Å². The monoisotopic (exact) mass is 257 g/mol. The molecule has 0 saturated carbocycles. The molecule has 0 amide bonds. The molecule has 0 radical (unpaired) electrons. The van der Waals surface area contributed by atoms with Crippen LogP contribution in [0.15, 0.2) is 22.7 Å². The summed E-state index contributed by atoms with van der Waals surface area (Å²) >= 11 is 5.66. The van der Waals surface area contributed by atoms with Gasteiger partial charge in [-0.3, -0.25) is 4.84 Å². The van der Waals surface area contributed by atoms with Gasteiger partial charge in [-0.15, -0.1) is 0 Å². The Kier molecular flexibility index (Phi) is 3.68. The van der Waals surface area contributed by atoms with Crippen LogP contribution in [0.1, 0.15) is 17.3 Å². The lowest BCUT2D eigenvalue weighted by Crippen LogP contribution is -1.99. The van der Waals surface area contributed by atoms with Gasteiger partial charge in [0.15, 0.2) is 5.82 Å². The van der Waals surface area contributed by atoms with Crippen molar-refractivity contribution in [1.82, 2.24) is 10.1 Å². The fourth-order valence-electron chi connectivity index (χ4n) is 1.35. The van der Waals surface area contributed by atoms with Crippen molar-refractivity contribution in [3.63, 3.8) is 0 Å². The summed E-state index contributed by atoms with van der Waals surface area (Å²) < 4.78 is 18.4. The first kappa shape index (κ1) is 12.0. The molecule has 0 spiro atoms. The Morgan fingerprint density at radius 3 is 3.06 bits per heavy atom. The zero-order valence-corrected chi connectivity index (χ0v) is 9.45. The standard InChI is InChI=1S/C10H9ClFN3O2/c11-7-3-1-2-6(10(7)12)4-8-14-9(5-16-13)17-15-8/h1-3H,4-5,13H2. The molecule has 1 aromatic carbocycles. The molecular weight excluding hydrogens is 249 g/mol. The van der Waals surface area contributed by atoms with E-state index in [9.17, 15) is 4.39 Å². The van der Waals surface area contributed by atoms with E-state index in [2.05, 4.69) is 15.0 Å². The molecule has 7 heteroatoms. The molecule has 0 aliphatic rings. The summed E-state index contributed by atoms with van der Waals surface area (Å²) in [6.45, 7) is 0.0189. The van der Waals surface area contributed by atoms with Gasteiger partial charge in [0, 0.05) is 6.42 Å². The number of aromatic nitrogens is 2. The number of rotatable bonds is 4. The summed E-state index contributed by atoms with van der Waals surface area (Å²) in [4.78, 5) is 8.32. The second kappa shape index (κ2) is 5.22. The van der Waals surface area contributed by atoms with Gasteiger partial charge < -0.3 is 4.52 Å². The fraction of sp³-hybridized carbons (Fsp3) is 0.200. The van der Waals surface area contributed by atoms with Crippen LogP contribution in [0, 0.1) is 5.82 Å². The minimum absolute atomic E-state index is 0.0189. The Labute approximate surface area is 101 Å². The second-order valence-corrected chi connectivity index (χ2v) is 3.71. The predicted molar refractivity (Wildman–Crippen MR) is 57.5 cm³/mol. The third kappa shape index (κ3) is 2.79. The third-order valence-corrected chi connectivity index (χ3v) is 2.39. The van der Waals surface area contributed by atoms with Crippen molar-refractivity contribution >= 4 is 11.6 Å². The molecule has 0 bridgehead atoms. The lowest BCUT2D eigenvalue weighted by molar-refractivity contribution is 0.0995. The molecule has 0 unspecified atom stereocenters. The largest absolute Gasteiger partial charge is 0.337 e. The van der Waals surface area contributed by atoms with Crippen LogP contribution in [-0.2, 0) is 17.9 Å². The van der Waals surface area contributed by atoms with Crippen molar-refractivity contribution in [1.29, 1.82) is 0 Å². The molecule has 2 rings (SSSR count). The average Bonchev–Trinajstić information content (AvgIpc) is 2.73. The van der Waals surface area contributed by atoms with Crippen LogP contribution in [0.2, 0.25) is 5.02 Å². The predicted octanol–water partition coefficient (Wildman–Crippen LogP) is 1.84. The summed E-state index contributed by atoms with van der Waals surface area (Å²) in [5.74, 6) is 4.97. The van der Waals surface area contributed by atoms with Crippen LogP contribution in [0.25, 0.3) is 0 Å². The Hall–Kier alpha value is -1.50. The van der Waals surface area contributed by atoms with Gasteiger partial charge in [-0.25, -0.2) is 10.3 Å². The fourth-order valence-corrected chi connectivity index (χ4v) is 1.54. The zero-order chi connectivity index (χ0) is 12.3. The van der Waals surface area contributed by atoms with Crippen LogP contribution >= 0.6 is 11.6 Å². The van der Waals surface area contributed by atoms with E-state index in [0.29, 0.717) is 11.4 Å². The lowest BCUT2D eigenvalue weighted by atomic mass is 10.1. The molecule has 0 saturated heterocycles. The van der Waals surface area contributed by atoms with Crippen molar-refractivity contribution in [2.45, 2.75) is 13.0 Å². The molecule has 5 nitrogen and oxygen atoms in total. The smallest absolute Gasteiger partial charge is 0.254 e. The maximum absolute atomic E-state index is 13.6. The van der Waals surface area contributed by atoms with Gasteiger partial charge in [0.1, 0.15) is 12.4 Å². The van der Waals surface area contributed by atoms with Gasteiger partial charge in [0.05, 0.1) is 5.02 Å². The van der Waals surface area contributed by atoms with Crippen LogP contribution < -0.4 is 5.90 Å². The van der Waals surface area contributed by atoms with E-state index in [1.807, 2.05) is 0 Å². The summed E-state index contributed by atoms with van der Waals surface area (Å²) in [5, 5.41) is 3.74. The van der Waals surface area contributed by atoms with E-state index < -0.39 is 5.82 Å². The number of hydrogen-bond acceptors (Lipinski definition) is 5. The number of benzene rings is 1. The highest BCUT2D eigenvalue weighted by Gasteiger charge is 2.11. The number of nitrogens with two attached hydrogens (primary N) is 1. The van der Waals surface area contributed by atoms with Gasteiger partial charge in [0.25, 0.3) is 5.89 Å². The molecule has 2 N–H and O–H groups in total. The van der Waals surface area contributed by atoms with Crippen molar-refractivity contribution in [3.8, 4) is 0 Å². The minimum atomic E-state index is -0.476. The summed E-state index contributed by atoms with van der Waals surface area (Å²) in [5.41, 5.74) is 0.401. The number of hydrogen-bond donors (Lipinski definition) is 1. The van der Waals surface area contributed by atoms with Crippen LogP contribution in [0.5, 0.6) is 0 Å². The first-order chi connectivity index (χ1) is 8.20. The highest BCUT2D eigenvalue weighted by molar-refractivity contribution is 6.30. The van der Waals surface area contributed by atoms with E-state index in [1.165, 1.54) is 6.07 Å². The lowest BCUT2D eigenvalue weighted by Gasteiger charge is -2.00. The maximum Gasteiger partial charge on any atom is 0.254 e. The topological polar surface area (TPSA) is 74.2 Å². The molecule has 1 heterocycles. The van der Waals surface area contributed by atoms with E-state index in [1.54, 1.807) is 12.1 Å². The van der Waals surface area contributed by atoms with Crippen molar-refractivity contribution in [2.24, 2.45) is 5.90 Å². The molecule has 17 heavy (non-hydrogen) atoms. The summed E-state index contributed by atoms with van der Waals surface area (Å²) in [7, 11) is 0. The van der Waals surface area contributed by atoms with E-state index in [4.69, 9.17) is 22.0 Å². The molecule has 0 fully saturated rings. The minimum Gasteiger partial charge on any atom is -0.337 e. The van der Waals surface area contributed by atoms with Crippen molar-refractivity contribution in [3.05, 3.63) is 46.3 Å². The third-order valence-electron chi connectivity index (χ3n) is 2.10. The van der Waals surface area contributed by atoms with Gasteiger partial charge in [-0.05, 0) is 11.6 Å². The Bertz CT molecular complexity index is 518. The highest BCUT2D eigenvalue weighted by atomic mass is 35.5. The first-order valence-corrected chi connectivity index (χ1v) is 5.14. The Morgan fingerprint density at radius 2 is 2.29 bits per heavy atom. The van der Waals surface area contributed by atoms with E-state index in [-0.39, 0.29) is 23.9 Å². The molecule has 0 aliphatic carbocycles. The van der Waals surface area contributed by atoms with Crippen LogP contribution in [0.4, 0.5) is 4.39 Å².